The molecule has 3 atom stereocenters. The molecule has 2 amide bonds. The molecule has 2 bridgehead atoms. The van der Waals surface area contributed by atoms with Gasteiger partial charge < -0.3 is 20.3 Å². The number of carbonyl (C=O) groups is 1. The first kappa shape index (κ1) is 17.1. The number of hydrogen-bond acceptors (Lipinski definition) is 3. The number of fused-ring (bicyclic) bond motifs is 2. The number of nitrogens with one attached hydrogen (secondary N) is 2. The van der Waals surface area contributed by atoms with Crippen molar-refractivity contribution in [3.63, 3.8) is 0 Å². The van der Waals surface area contributed by atoms with E-state index in [-0.39, 0.29) is 17.7 Å². The maximum absolute atomic E-state index is 12.4. The first-order chi connectivity index (χ1) is 11.3. The molecule has 2 aliphatic rings. The molecular formula is C19H29N3O2. The number of carbonyl (C=O) groups excluding carboxylic acids is 1. The van der Waals surface area contributed by atoms with Gasteiger partial charge in [-0.25, -0.2) is 4.79 Å². The molecular weight excluding hydrogens is 302 g/mol. The summed E-state index contributed by atoms with van der Waals surface area (Å²) in [5.41, 5.74) is 0.405. The number of urea groups is 1. The molecule has 1 unspecified atom stereocenters. The molecule has 0 saturated carbocycles. The Morgan fingerprint density at radius 3 is 2.42 bits per heavy atom. The average Bonchev–Trinajstić information content (AvgIpc) is 2.70. The molecule has 1 aromatic carbocycles. The number of nitrogens with zero attached hydrogens (tertiary/aromatic N) is 1. The molecule has 2 N–H and O–H groups in total. The van der Waals surface area contributed by atoms with Gasteiger partial charge in [0.1, 0.15) is 11.4 Å². The van der Waals surface area contributed by atoms with Crippen LogP contribution in [0, 0.1) is 0 Å². The van der Waals surface area contributed by atoms with E-state index < -0.39 is 0 Å². The molecule has 1 aromatic rings. The van der Waals surface area contributed by atoms with Gasteiger partial charge in [-0.3, -0.25) is 0 Å². The fraction of sp³-hybridized carbons (Fsp3) is 0.632. The van der Waals surface area contributed by atoms with E-state index in [1.54, 1.807) is 0 Å². The van der Waals surface area contributed by atoms with Crippen LogP contribution in [-0.4, -0.2) is 41.7 Å². The fourth-order valence-electron chi connectivity index (χ4n) is 3.86. The van der Waals surface area contributed by atoms with Crippen LogP contribution in [-0.2, 0) is 0 Å². The predicted octanol–water partition coefficient (Wildman–Crippen LogP) is 3.61. The first-order valence-corrected chi connectivity index (χ1v) is 8.89. The van der Waals surface area contributed by atoms with E-state index in [1.807, 2.05) is 45.0 Å². The van der Waals surface area contributed by atoms with E-state index in [1.165, 1.54) is 12.8 Å². The van der Waals surface area contributed by atoms with Gasteiger partial charge in [0, 0.05) is 18.1 Å². The number of ether oxygens (including phenoxy) is 1. The molecule has 5 heteroatoms. The Labute approximate surface area is 144 Å². The summed E-state index contributed by atoms with van der Waals surface area (Å²) in [4.78, 5) is 14.9. The minimum absolute atomic E-state index is 0.145. The molecule has 0 radical (unpaired) electrons. The van der Waals surface area contributed by atoms with E-state index in [0.29, 0.717) is 23.5 Å². The van der Waals surface area contributed by atoms with Gasteiger partial charge in [-0.15, -0.1) is 0 Å². The van der Waals surface area contributed by atoms with Crippen molar-refractivity contribution in [3.05, 3.63) is 24.3 Å². The second-order valence-electron chi connectivity index (χ2n) is 8.03. The lowest BCUT2D eigenvalue weighted by atomic mass is 9.98. The molecule has 132 valence electrons. The molecule has 0 spiro atoms. The van der Waals surface area contributed by atoms with Gasteiger partial charge in [0.25, 0.3) is 0 Å². The highest BCUT2D eigenvalue weighted by atomic mass is 16.5. The largest absolute Gasteiger partial charge is 0.486 e. The molecule has 24 heavy (non-hydrogen) atoms. The van der Waals surface area contributed by atoms with Crippen molar-refractivity contribution in [2.75, 3.05) is 12.4 Å². The van der Waals surface area contributed by atoms with Crippen LogP contribution >= 0.6 is 0 Å². The highest BCUT2D eigenvalue weighted by Gasteiger charge is 2.38. The van der Waals surface area contributed by atoms with Crippen LogP contribution < -0.4 is 15.4 Å². The van der Waals surface area contributed by atoms with E-state index in [0.717, 1.165) is 12.8 Å². The quantitative estimate of drug-likeness (QED) is 0.889. The molecule has 2 fully saturated rings. The van der Waals surface area contributed by atoms with Gasteiger partial charge in [0.2, 0.25) is 0 Å². The monoisotopic (exact) mass is 331 g/mol. The zero-order valence-electron chi connectivity index (χ0n) is 15.1. The van der Waals surface area contributed by atoms with Crippen LogP contribution in [0.5, 0.6) is 5.75 Å². The van der Waals surface area contributed by atoms with Crippen LogP contribution in [0.3, 0.4) is 0 Å². The third-order valence-corrected chi connectivity index (χ3v) is 4.98. The molecule has 2 aliphatic heterocycles. The fourth-order valence-corrected chi connectivity index (χ4v) is 3.86. The highest BCUT2D eigenvalue weighted by Crippen LogP contribution is 2.34. The zero-order chi connectivity index (χ0) is 17.3. The summed E-state index contributed by atoms with van der Waals surface area (Å²) < 4.78 is 5.93. The lowest BCUT2D eigenvalue weighted by Gasteiger charge is -2.36. The van der Waals surface area contributed by atoms with Crippen molar-refractivity contribution in [3.8, 4) is 5.75 Å². The second-order valence-corrected chi connectivity index (χ2v) is 8.03. The van der Waals surface area contributed by atoms with Crippen LogP contribution in [0.15, 0.2) is 24.3 Å². The molecule has 5 nitrogen and oxygen atoms in total. The Bertz CT molecular complexity index is 583. The number of benzene rings is 1. The van der Waals surface area contributed by atoms with Gasteiger partial charge in [-0.1, -0.05) is 12.1 Å². The summed E-state index contributed by atoms with van der Waals surface area (Å²) >= 11 is 0. The van der Waals surface area contributed by atoms with Crippen molar-refractivity contribution < 1.29 is 9.53 Å². The molecule has 2 saturated heterocycles. The van der Waals surface area contributed by atoms with Crippen molar-refractivity contribution in [1.82, 2.24) is 10.2 Å². The van der Waals surface area contributed by atoms with Crippen LogP contribution in [0.1, 0.15) is 46.5 Å². The van der Waals surface area contributed by atoms with Crippen molar-refractivity contribution in [2.45, 2.75) is 70.2 Å². The smallest absolute Gasteiger partial charge is 0.319 e. The minimum Gasteiger partial charge on any atom is -0.486 e. The number of para-hydroxylation sites is 2. The first-order valence-electron chi connectivity index (χ1n) is 8.89. The third-order valence-electron chi connectivity index (χ3n) is 4.98. The molecule has 2 heterocycles. The lowest BCUT2D eigenvalue weighted by Crippen LogP contribution is -2.49. The van der Waals surface area contributed by atoms with Crippen LogP contribution in [0.25, 0.3) is 0 Å². The van der Waals surface area contributed by atoms with E-state index in [9.17, 15) is 4.79 Å². The minimum atomic E-state index is -0.304. The van der Waals surface area contributed by atoms with Gasteiger partial charge in [0.15, 0.2) is 0 Å². The number of amides is 2. The standard InChI is InChI=1S/C19H29N3O2/c1-19(2,3)24-17-8-6-5-7-16(17)21-18(23)20-13-11-14-9-10-15(12-13)22(14)4/h5-8,13-15H,9-12H2,1-4H3,(H2,20,21,23)/t13?,14-,15+. The Morgan fingerprint density at radius 1 is 1.17 bits per heavy atom. The topological polar surface area (TPSA) is 53.6 Å². The second kappa shape index (κ2) is 6.63. The number of rotatable bonds is 3. The van der Waals surface area contributed by atoms with Crippen molar-refractivity contribution >= 4 is 11.7 Å². The molecule has 3 rings (SSSR count). The van der Waals surface area contributed by atoms with E-state index in [2.05, 4.69) is 22.6 Å². The van der Waals surface area contributed by atoms with Gasteiger partial charge in [-0.2, -0.15) is 0 Å². The van der Waals surface area contributed by atoms with Crippen LogP contribution in [0.4, 0.5) is 10.5 Å². The number of anilines is 1. The SMILES string of the molecule is CN1[C@@H]2CC[C@H]1CC(NC(=O)Nc1ccccc1OC(C)(C)C)C2. The van der Waals surface area contributed by atoms with E-state index in [4.69, 9.17) is 4.74 Å². The summed E-state index contributed by atoms with van der Waals surface area (Å²) in [7, 11) is 2.21. The Balaban J connectivity index is 1.60. The average molecular weight is 331 g/mol. The van der Waals surface area contributed by atoms with Crippen LogP contribution in [0.2, 0.25) is 0 Å². The number of piperidine rings is 1. The summed E-state index contributed by atoms with van der Waals surface area (Å²) in [6.07, 6.45) is 4.59. The Hall–Kier alpha value is -1.75. The molecule has 0 aromatic heterocycles. The lowest BCUT2D eigenvalue weighted by molar-refractivity contribution is 0.131. The summed E-state index contributed by atoms with van der Waals surface area (Å²) in [5, 5.41) is 6.10. The third kappa shape index (κ3) is 4.01. The van der Waals surface area contributed by atoms with Crippen molar-refractivity contribution in [2.24, 2.45) is 0 Å². The van der Waals surface area contributed by atoms with E-state index >= 15 is 0 Å². The zero-order valence-corrected chi connectivity index (χ0v) is 15.1. The number of hydrogen-bond donors (Lipinski definition) is 2. The maximum atomic E-state index is 12.4. The normalized spacial score (nSPS) is 26.9. The summed E-state index contributed by atoms with van der Waals surface area (Å²) in [6, 6.07) is 8.93. The highest BCUT2D eigenvalue weighted by molar-refractivity contribution is 5.91. The van der Waals surface area contributed by atoms with Crippen molar-refractivity contribution in [1.29, 1.82) is 0 Å². The predicted molar refractivity (Wildman–Crippen MR) is 96.6 cm³/mol. The van der Waals surface area contributed by atoms with Gasteiger partial charge >= 0.3 is 6.03 Å². The summed E-state index contributed by atoms with van der Waals surface area (Å²) in [6.45, 7) is 5.99. The van der Waals surface area contributed by atoms with Gasteiger partial charge in [0.05, 0.1) is 5.69 Å². The molecule has 0 aliphatic carbocycles. The summed E-state index contributed by atoms with van der Waals surface area (Å²) in [5.74, 6) is 0.698. The Morgan fingerprint density at radius 2 is 1.79 bits per heavy atom. The van der Waals surface area contributed by atoms with Gasteiger partial charge in [-0.05, 0) is 65.6 Å². The maximum Gasteiger partial charge on any atom is 0.319 e. The Kier molecular flexibility index (Phi) is 4.72.